The molecule has 0 atom stereocenters. The number of benzene rings is 1. The summed E-state index contributed by atoms with van der Waals surface area (Å²) in [6.07, 6.45) is 7.20. The summed E-state index contributed by atoms with van der Waals surface area (Å²) in [5.41, 5.74) is 1.43. The molecule has 0 unspecified atom stereocenters. The van der Waals surface area contributed by atoms with Crippen LogP contribution >= 0.6 is 0 Å². The summed E-state index contributed by atoms with van der Waals surface area (Å²) in [7, 11) is 0. The van der Waals surface area contributed by atoms with Crippen LogP contribution in [0.1, 0.15) is 51.0 Å². The molecule has 0 saturated heterocycles. The maximum Gasteiger partial charge on any atom is 0.0702 e. The molecule has 0 fully saturated rings. The van der Waals surface area contributed by atoms with E-state index in [1.807, 2.05) is 6.92 Å². The Hall–Kier alpha value is -2.10. The van der Waals surface area contributed by atoms with Gasteiger partial charge in [0, 0.05) is 6.42 Å². The Morgan fingerprint density at radius 2 is 1.45 bits per heavy atom. The van der Waals surface area contributed by atoms with Gasteiger partial charge in [0.15, 0.2) is 0 Å². The van der Waals surface area contributed by atoms with Crippen LogP contribution in [-0.2, 0) is 6.42 Å². The van der Waals surface area contributed by atoms with Crippen molar-refractivity contribution in [3.63, 3.8) is 0 Å². The first-order chi connectivity index (χ1) is 9.93. The molecule has 102 valence electrons. The van der Waals surface area contributed by atoms with Crippen LogP contribution in [0.3, 0.4) is 0 Å². The summed E-state index contributed by atoms with van der Waals surface area (Å²) < 4.78 is 0. The number of hydrogen-bond donors (Lipinski definition) is 0. The third kappa shape index (κ3) is 8.91. The van der Waals surface area contributed by atoms with Gasteiger partial charge in [-0.25, -0.2) is 0 Å². The maximum absolute atomic E-state index is 3.19. The van der Waals surface area contributed by atoms with E-state index in [9.17, 15) is 0 Å². The van der Waals surface area contributed by atoms with E-state index in [1.165, 1.54) is 31.2 Å². The molecule has 0 radical (unpaired) electrons. The lowest BCUT2D eigenvalue weighted by Gasteiger charge is -1.99. The predicted octanol–water partition coefficient (Wildman–Crippen LogP) is 4.60. The van der Waals surface area contributed by atoms with Crippen LogP contribution in [0.2, 0.25) is 0 Å². The van der Waals surface area contributed by atoms with Crippen molar-refractivity contribution in [3.05, 3.63) is 35.9 Å². The Balaban J connectivity index is 1.99. The first-order valence-corrected chi connectivity index (χ1v) is 7.28. The highest BCUT2D eigenvalue weighted by molar-refractivity contribution is 5.16. The Bertz CT molecular complexity index is 532. The van der Waals surface area contributed by atoms with E-state index < -0.39 is 0 Å². The highest BCUT2D eigenvalue weighted by Gasteiger charge is 1.91. The predicted molar refractivity (Wildman–Crippen MR) is 86.9 cm³/mol. The minimum Gasteiger partial charge on any atom is -0.106 e. The third-order valence-corrected chi connectivity index (χ3v) is 2.89. The van der Waals surface area contributed by atoms with E-state index in [2.05, 4.69) is 65.9 Å². The SMILES string of the molecule is CC#CCC#CCC#CCCCCCc1ccccc1. The maximum atomic E-state index is 3.19. The second-order valence-corrected chi connectivity index (χ2v) is 4.53. The molecule has 0 aliphatic carbocycles. The quantitative estimate of drug-likeness (QED) is 0.537. The van der Waals surface area contributed by atoms with Gasteiger partial charge >= 0.3 is 0 Å². The molecule has 0 aliphatic rings. The van der Waals surface area contributed by atoms with Gasteiger partial charge in [-0.15, -0.1) is 11.8 Å². The average molecular weight is 262 g/mol. The van der Waals surface area contributed by atoms with Gasteiger partial charge < -0.3 is 0 Å². The fraction of sp³-hybridized carbons (Fsp3) is 0.400. The highest BCUT2D eigenvalue weighted by Crippen LogP contribution is 2.07. The lowest BCUT2D eigenvalue weighted by atomic mass is 10.1. The second-order valence-electron chi connectivity index (χ2n) is 4.53. The number of aryl methyl sites for hydroxylation is 1. The van der Waals surface area contributed by atoms with E-state index in [4.69, 9.17) is 0 Å². The molecule has 1 aromatic rings. The zero-order valence-corrected chi connectivity index (χ0v) is 12.3. The van der Waals surface area contributed by atoms with Crippen LogP contribution in [-0.4, -0.2) is 0 Å². The zero-order chi connectivity index (χ0) is 14.3. The summed E-state index contributed by atoms with van der Waals surface area (Å²) in [5.74, 6) is 18.0. The largest absolute Gasteiger partial charge is 0.106 e. The molecule has 1 rings (SSSR count). The molecular weight excluding hydrogens is 240 g/mol. The van der Waals surface area contributed by atoms with Crippen molar-refractivity contribution in [1.82, 2.24) is 0 Å². The summed E-state index contributed by atoms with van der Waals surface area (Å²) in [6, 6.07) is 10.7. The minimum absolute atomic E-state index is 0.664. The molecule has 0 saturated carbocycles. The fourth-order valence-corrected chi connectivity index (χ4v) is 1.82. The van der Waals surface area contributed by atoms with E-state index >= 15 is 0 Å². The standard InChI is InChI=1S/C20H22/c1-2-3-4-5-6-7-8-9-10-11-12-14-17-20-18-15-13-16-19-20/h13,15-16,18-19H,4,7,10-12,14,17H2,1H3. The third-order valence-electron chi connectivity index (χ3n) is 2.89. The Morgan fingerprint density at radius 3 is 2.20 bits per heavy atom. The second kappa shape index (κ2) is 12.0. The van der Waals surface area contributed by atoms with Crippen molar-refractivity contribution in [2.24, 2.45) is 0 Å². The first-order valence-electron chi connectivity index (χ1n) is 7.28. The van der Waals surface area contributed by atoms with Crippen molar-refractivity contribution in [2.75, 3.05) is 0 Å². The normalized spacial score (nSPS) is 8.45. The Labute approximate surface area is 124 Å². The monoisotopic (exact) mass is 262 g/mol. The lowest BCUT2D eigenvalue weighted by Crippen LogP contribution is -1.84. The van der Waals surface area contributed by atoms with Crippen LogP contribution < -0.4 is 0 Å². The molecule has 0 heterocycles. The molecule has 0 aliphatic heterocycles. The Kier molecular flexibility index (Phi) is 9.54. The van der Waals surface area contributed by atoms with Gasteiger partial charge in [0.1, 0.15) is 0 Å². The number of unbranched alkanes of at least 4 members (excludes halogenated alkanes) is 3. The smallest absolute Gasteiger partial charge is 0.0702 e. The molecule has 0 aromatic heterocycles. The molecule has 0 N–H and O–H groups in total. The summed E-state index contributed by atoms with van der Waals surface area (Å²) in [4.78, 5) is 0. The molecular formula is C20H22. The van der Waals surface area contributed by atoms with Gasteiger partial charge in [-0.3, -0.25) is 0 Å². The first kappa shape index (κ1) is 16.0. The molecule has 0 heteroatoms. The number of rotatable bonds is 5. The topological polar surface area (TPSA) is 0 Å². The van der Waals surface area contributed by atoms with Crippen LogP contribution in [0.5, 0.6) is 0 Å². The van der Waals surface area contributed by atoms with Crippen molar-refractivity contribution < 1.29 is 0 Å². The van der Waals surface area contributed by atoms with Crippen molar-refractivity contribution in [2.45, 2.75) is 51.9 Å². The number of hydrogen-bond acceptors (Lipinski definition) is 0. The molecule has 0 spiro atoms. The van der Waals surface area contributed by atoms with Gasteiger partial charge in [-0.2, -0.15) is 0 Å². The van der Waals surface area contributed by atoms with Gasteiger partial charge in [0.05, 0.1) is 12.8 Å². The lowest BCUT2D eigenvalue weighted by molar-refractivity contribution is 0.692. The minimum atomic E-state index is 0.664. The molecule has 0 amide bonds. The average Bonchev–Trinajstić information content (AvgIpc) is 2.49. The highest BCUT2D eigenvalue weighted by atomic mass is 14.0. The van der Waals surface area contributed by atoms with E-state index in [0.29, 0.717) is 12.8 Å². The van der Waals surface area contributed by atoms with Crippen molar-refractivity contribution >= 4 is 0 Å². The van der Waals surface area contributed by atoms with Crippen LogP contribution in [0.4, 0.5) is 0 Å². The summed E-state index contributed by atoms with van der Waals surface area (Å²) >= 11 is 0. The zero-order valence-electron chi connectivity index (χ0n) is 12.3. The van der Waals surface area contributed by atoms with Gasteiger partial charge in [-0.05, 0) is 31.7 Å². The van der Waals surface area contributed by atoms with Gasteiger partial charge in [0.25, 0.3) is 0 Å². The Morgan fingerprint density at radius 1 is 0.750 bits per heavy atom. The fourth-order valence-electron chi connectivity index (χ4n) is 1.82. The van der Waals surface area contributed by atoms with Crippen molar-refractivity contribution in [1.29, 1.82) is 0 Å². The van der Waals surface area contributed by atoms with Crippen LogP contribution in [0.25, 0.3) is 0 Å². The van der Waals surface area contributed by atoms with Crippen LogP contribution in [0, 0.1) is 35.5 Å². The summed E-state index contributed by atoms with van der Waals surface area (Å²) in [6.45, 7) is 1.83. The molecule has 0 nitrogen and oxygen atoms in total. The van der Waals surface area contributed by atoms with E-state index in [-0.39, 0.29) is 0 Å². The molecule has 0 bridgehead atoms. The van der Waals surface area contributed by atoms with E-state index in [0.717, 1.165) is 6.42 Å². The van der Waals surface area contributed by atoms with Crippen molar-refractivity contribution in [3.8, 4) is 35.5 Å². The van der Waals surface area contributed by atoms with E-state index in [1.54, 1.807) is 0 Å². The molecule has 20 heavy (non-hydrogen) atoms. The summed E-state index contributed by atoms with van der Waals surface area (Å²) in [5, 5.41) is 0. The van der Waals surface area contributed by atoms with Gasteiger partial charge in [0.2, 0.25) is 0 Å². The van der Waals surface area contributed by atoms with Gasteiger partial charge in [-0.1, -0.05) is 60.4 Å². The van der Waals surface area contributed by atoms with Crippen LogP contribution in [0.15, 0.2) is 30.3 Å². The molecule has 1 aromatic carbocycles.